The molecule has 0 bridgehead atoms. The van der Waals surface area contributed by atoms with Gasteiger partial charge in [-0.25, -0.2) is 4.98 Å². The number of amides is 1. The molecular formula is C24H21N3O4. The highest BCUT2D eigenvalue weighted by Gasteiger charge is 2.15. The maximum atomic E-state index is 12.4. The number of benzene rings is 2. The standard InChI is InChI=1S/C24H21N3O4/c1-17(31-20-9-3-2-4-10-20)24(29)26-18-8-7-11-21(14-18)30-16-19-15-23(28)27-13-6-5-12-22(27)25-19/h2-15,17H,16H2,1H3,(H,26,29)/t17-/m1/s1. The van der Waals surface area contributed by atoms with E-state index in [0.29, 0.717) is 28.5 Å². The van der Waals surface area contributed by atoms with Crippen molar-refractivity contribution in [2.75, 3.05) is 5.32 Å². The molecule has 1 amide bonds. The van der Waals surface area contributed by atoms with Crippen molar-refractivity contribution in [2.24, 2.45) is 0 Å². The Hall–Kier alpha value is -4.13. The Morgan fingerprint density at radius 1 is 1.00 bits per heavy atom. The Labute approximate surface area is 178 Å². The maximum absolute atomic E-state index is 12.4. The fourth-order valence-electron chi connectivity index (χ4n) is 3.00. The van der Waals surface area contributed by atoms with Crippen molar-refractivity contribution in [2.45, 2.75) is 19.6 Å². The molecule has 7 heteroatoms. The fraction of sp³-hybridized carbons (Fsp3) is 0.125. The number of hydrogen-bond acceptors (Lipinski definition) is 5. The van der Waals surface area contributed by atoms with E-state index < -0.39 is 6.10 Å². The van der Waals surface area contributed by atoms with Gasteiger partial charge in [-0.1, -0.05) is 30.3 Å². The molecule has 0 aliphatic carbocycles. The molecule has 0 saturated heterocycles. The largest absolute Gasteiger partial charge is 0.487 e. The summed E-state index contributed by atoms with van der Waals surface area (Å²) in [4.78, 5) is 29.1. The first-order valence-electron chi connectivity index (χ1n) is 9.81. The molecule has 2 aromatic carbocycles. The molecular weight excluding hydrogens is 394 g/mol. The molecule has 1 N–H and O–H groups in total. The van der Waals surface area contributed by atoms with E-state index in [0.717, 1.165) is 0 Å². The van der Waals surface area contributed by atoms with Crippen LogP contribution in [0, 0.1) is 0 Å². The predicted octanol–water partition coefficient (Wildman–Crippen LogP) is 3.68. The fourth-order valence-corrected chi connectivity index (χ4v) is 3.00. The van der Waals surface area contributed by atoms with Crippen molar-refractivity contribution < 1.29 is 14.3 Å². The van der Waals surface area contributed by atoms with E-state index in [9.17, 15) is 9.59 Å². The van der Waals surface area contributed by atoms with Crippen molar-refractivity contribution in [3.63, 3.8) is 0 Å². The maximum Gasteiger partial charge on any atom is 0.265 e. The number of para-hydroxylation sites is 1. The molecule has 31 heavy (non-hydrogen) atoms. The molecule has 4 aromatic rings. The number of fused-ring (bicyclic) bond motifs is 1. The third-order valence-electron chi connectivity index (χ3n) is 4.54. The van der Waals surface area contributed by atoms with Gasteiger partial charge in [0.15, 0.2) is 6.10 Å². The average molecular weight is 415 g/mol. The molecule has 0 spiro atoms. The summed E-state index contributed by atoms with van der Waals surface area (Å²) in [5.41, 5.74) is 1.49. The minimum atomic E-state index is -0.665. The topological polar surface area (TPSA) is 81.9 Å². The minimum absolute atomic E-state index is 0.131. The van der Waals surface area contributed by atoms with E-state index in [4.69, 9.17) is 9.47 Å². The lowest BCUT2D eigenvalue weighted by Crippen LogP contribution is -2.30. The zero-order chi connectivity index (χ0) is 21.6. The lowest BCUT2D eigenvalue weighted by atomic mass is 10.2. The minimum Gasteiger partial charge on any atom is -0.487 e. The van der Waals surface area contributed by atoms with Gasteiger partial charge < -0.3 is 14.8 Å². The molecule has 0 fully saturated rings. The van der Waals surface area contributed by atoms with E-state index in [-0.39, 0.29) is 18.1 Å². The van der Waals surface area contributed by atoms with Crippen LogP contribution in [-0.2, 0) is 11.4 Å². The van der Waals surface area contributed by atoms with Gasteiger partial charge in [-0.2, -0.15) is 0 Å². The Morgan fingerprint density at radius 2 is 1.77 bits per heavy atom. The Balaban J connectivity index is 1.39. The SMILES string of the molecule is C[C@@H](Oc1ccccc1)C(=O)Nc1cccc(OCc2cc(=O)n3ccccc3n2)c1. The van der Waals surface area contributed by atoms with Crippen LogP contribution in [-0.4, -0.2) is 21.4 Å². The van der Waals surface area contributed by atoms with Gasteiger partial charge in [-0.3, -0.25) is 14.0 Å². The second-order valence-electron chi connectivity index (χ2n) is 6.89. The highest BCUT2D eigenvalue weighted by atomic mass is 16.5. The summed E-state index contributed by atoms with van der Waals surface area (Å²) in [6, 6.07) is 23.0. The van der Waals surface area contributed by atoms with Crippen molar-refractivity contribution in [1.82, 2.24) is 9.38 Å². The summed E-state index contributed by atoms with van der Waals surface area (Å²) >= 11 is 0. The molecule has 0 aliphatic heterocycles. The zero-order valence-corrected chi connectivity index (χ0v) is 16.9. The highest BCUT2D eigenvalue weighted by Crippen LogP contribution is 2.19. The molecule has 4 rings (SSSR count). The number of anilines is 1. The van der Waals surface area contributed by atoms with Crippen molar-refractivity contribution in [3.8, 4) is 11.5 Å². The number of carbonyl (C=O) groups excluding carboxylic acids is 1. The van der Waals surface area contributed by atoms with Crippen LogP contribution < -0.4 is 20.3 Å². The summed E-state index contributed by atoms with van der Waals surface area (Å²) < 4.78 is 12.9. The van der Waals surface area contributed by atoms with E-state index in [1.54, 1.807) is 61.7 Å². The summed E-state index contributed by atoms with van der Waals surface area (Å²) in [6.45, 7) is 1.82. The Bertz CT molecular complexity index is 1250. The van der Waals surface area contributed by atoms with Crippen LogP contribution in [0.4, 0.5) is 5.69 Å². The van der Waals surface area contributed by atoms with Crippen molar-refractivity contribution >= 4 is 17.2 Å². The van der Waals surface area contributed by atoms with Crippen LogP contribution >= 0.6 is 0 Å². The van der Waals surface area contributed by atoms with Crippen LogP contribution in [0.5, 0.6) is 11.5 Å². The van der Waals surface area contributed by atoms with Gasteiger partial charge in [0.2, 0.25) is 0 Å². The van der Waals surface area contributed by atoms with E-state index in [2.05, 4.69) is 10.3 Å². The third-order valence-corrected chi connectivity index (χ3v) is 4.54. The smallest absolute Gasteiger partial charge is 0.265 e. The highest BCUT2D eigenvalue weighted by molar-refractivity contribution is 5.94. The van der Waals surface area contributed by atoms with Crippen molar-refractivity contribution in [3.05, 3.63) is 101 Å². The second kappa shape index (κ2) is 9.13. The van der Waals surface area contributed by atoms with Gasteiger partial charge >= 0.3 is 0 Å². The van der Waals surface area contributed by atoms with Gasteiger partial charge in [0.05, 0.1) is 5.69 Å². The van der Waals surface area contributed by atoms with Gasteiger partial charge in [0, 0.05) is 24.0 Å². The van der Waals surface area contributed by atoms with E-state index in [1.165, 1.54) is 10.5 Å². The molecule has 0 saturated carbocycles. The van der Waals surface area contributed by atoms with Gasteiger partial charge in [-0.15, -0.1) is 0 Å². The monoisotopic (exact) mass is 415 g/mol. The van der Waals surface area contributed by atoms with E-state index >= 15 is 0 Å². The van der Waals surface area contributed by atoms with Crippen LogP contribution in [0.1, 0.15) is 12.6 Å². The first kappa shape index (κ1) is 20.2. The first-order chi connectivity index (χ1) is 15.1. The summed E-state index contributed by atoms with van der Waals surface area (Å²) in [7, 11) is 0. The molecule has 0 unspecified atom stereocenters. The second-order valence-corrected chi connectivity index (χ2v) is 6.89. The number of pyridine rings is 1. The molecule has 0 aliphatic rings. The van der Waals surface area contributed by atoms with E-state index in [1.807, 2.05) is 24.3 Å². The van der Waals surface area contributed by atoms with Gasteiger partial charge in [-0.05, 0) is 43.3 Å². The third kappa shape index (κ3) is 5.08. The predicted molar refractivity (Wildman–Crippen MR) is 117 cm³/mol. The molecule has 156 valence electrons. The number of hydrogen-bond donors (Lipinski definition) is 1. The summed E-state index contributed by atoms with van der Waals surface area (Å²) in [5.74, 6) is 0.899. The number of rotatable bonds is 7. The number of ether oxygens (including phenoxy) is 2. The number of aromatic nitrogens is 2. The van der Waals surface area contributed by atoms with Crippen molar-refractivity contribution in [1.29, 1.82) is 0 Å². The Kier molecular flexibility index (Phi) is 5.93. The normalized spacial score (nSPS) is 11.6. The average Bonchev–Trinajstić information content (AvgIpc) is 2.79. The molecule has 2 aromatic heterocycles. The van der Waals surface area contributed by atoms with Crippen LogP contribution in [0.3, 0.4) is 0 Å². The lowest BCUT2D eigenvalue weighted by molar-refractivity contribution is -0.122. The number of nitrogens with one attached hydrogen (secondary N) is 1. The molecule has 1 atom stereocenters. The van der Waals surface area contributed by atoms with Crippen LogP contribution in [0.25, 0.3) is 5.65 Å². The van der Waals surface area contributed by atoms with Crippen LogP contribution in [0.2, 0.25) is 0 Å². The summed E-state index contributed by atoms with van der Waals surface area (Å²) in [5, 5.41) is 2.82. The first-order valence-corrected chi connectivity index (χ1v) is 9.81. The molecule has 7 nitrogen and oxygen atoms in total. The van der Waals surface area contributed by atoms with Gasteiger partial charge in [0.1, 0.15) is 23.8 Å². The quantitative estimate of drug-likeness (QED) is 0.498. The Morgan fingerprint density at radius 3 is 2.61 bits per heavy atom. The number of carbonyl (C=O) groups is 1. The zero-order valence-electron chi connectivity index (χ0n) is 16.9. The van der Waals surface area contributed by atoms with Crippen LogP contribution in [0.15, 0.2) is 89.9 Å². The summed E-state index contributed by atoms with van der Waals surface area (Å²) in [6.07, 6.45) is 1.01. The molecule has 0 radical (unpaired) electrons. The lowest BCUT2D eigenvalue weighted by Gasteiger charge is -2.15. The molecule has 2 heterocycles. The van der Waals surface area contributed by atoms with Gasteiger partial charge in [0.25, 0.3) is 11.5 Å². The number of nitrogens with zero attached hydrogens (tertiary/aromatic N) is 2.